The van der Waals surface area contributed by atoms with Crippen LogP contribution in [0.4, 0.5) is 0 Å². The van der Waals surface area contributed by atoms with E-state index in [1.54, 1.807) is 0 Å². The average Bonchev–Trinajstić information content (AvgIpc) is 3.46. The standard InChI is InChI=1S/C31H43N3O2/c35-30(33-26-16-5-1-10-20(26)21-11-2-6-17-27(21)33)24-14-9-15-25(32-24)31(36)34-28-18-7-3-12-22(28)23-13-4-8-19-29(23)34/h9,14-15,20-23,26-29H,1-8,10-13,16-19H2. The molecule has 0 aromatic carbocycles. The third kappa shape index (κ3) is 3.66. The summed E-state index contributed by atoms with van der Waals surface area (Å²) in [6.07, 6.45) is 19.9. The molecule has 0 radical (unpaired) electrons. The van der Waals surface area contributed by atoms with E-state index in [9.17, 15) is 9.59 Å². The Kier molecular flexibility index (Phi) is 6.09. The highest BCUT2D eigenvalue weighted by Gasteiger charge is 2.53. The minimum Gasteiger partial charge on any atom is -0.331 e. The summed E-state index contributed by atoms with van der Waals surface area (Å²) in [6, 6.07) is 7.16. The van der Waals surface area contributed by atoms with Crippen LogP contribution >= 0.6 is 0 Å². The van der Waals surface area contributed by atoms with Gasteiger partial charge in [-0.3, -0.25) is 9.59 Å². The number of pyridine rings is 1. The van der Waals surface area contributed by atoms with Gasteiger partial charge >= 0.3 is 0 Å². The first-order valence-corrected chi connectivity index (χ1v) is 15.3. The molecule has 36 heavy (non-hydrogen) atoms. The number of carbonyl (C=O) groups excluding carboxylic acids is 2. The van der Waals surface area contributed by atoms with Crippen molar-refractivity contribution in [2.45, 2.75) is 127 Å². The first kappa shape index (κ1) is 23.2. The Hall–Kier alpha value is -1.91. The van der Waals surface area contributed by atoms with Gasteiger partial charge in [0, 0.05) is 24.2 Å². The molecular weight excluding hydrogens is 446 g/mol. The SMILES string of the molecule is O=C(c1cccc(C(=O)N2C3CCCCC3C3CCCCC32)n1)N1C2CCCCC2C2CCCCC21. The van der Waals surface area contributed by atoms with Gasteiger partial charge in [0.1, 0.15) is 11.4 Å². The Morgan fingerprint density at radius 3 is 1.17 bits per heavy atom. The van der Waals surface area contributed by atoms with Crippen molar-refractivity contribution in [1.29, 1.82) is 0 Å². The number of amides is 2. The second kappa shape index (κ2) is 9.44. The molecule has 5 nitrogen and oxygen atoms in total. The molecule has 7 rings (SSSR count). The number of fused-ring (bicyclic) bond motifs is 6. The number of carbonyl (C=O) groups is 2. The topological polar surface area (TPSA) is 53.5 Å². The summed E-state index contributed by atoms with van der Waals surface area (Å²) < 4.78 is 0. The van der Waals surface area contributed by atoms with E-state index in [2.05, 4.69) is 9.80 Å². The van der Waals surface area contributed by atoms with Crippen LogP contribution in [0.1, 0.15) is 124 Å². The number of aromatic nitrogens is 1. The maximum Gasteiger partial charge on any atom is 0.272 e. The van der Waals surface area contributed by atoms with E-state index in [1.165, 1.54) is 77.0 Å². The number of nitrogens with zero attached hydrogens (tertiary/aromatic N) is 3. The fourth-order valence-electron chi connectivity index (χ4n) is 9.97. The number of likely N-dealkylation sites (tertiary alicyclic amines) is 2. The van der Waals surface area contributed by atoms with E-state index in [4.69, 9.17) is 4.98 Å². The Bertz CT molecular complexity index is 890. The summed E-state index contributed by atoms with van der Waals surface area (Å²) in [7, 11) is 0. The molecule has 5 heteroatoms. The Morgan fingerprint density at radius 1 is 0.528 bits per heavy atom. The van der Waals surface area contributed by atoms with Crippen LogP contribution in [0.3, 0.4) is 0 Å². The lowest BCUT2D eigenvalue weighted by atomic mass is 9.73. The molecule has 6 aliphatic rings. The monoisotopic (exact) mass is 489 g/mol. The second-order valence-electron chi connectivity index (χ2n) is 12.9. The van der Waals surface area contributed by atoms with E-state index in [0.717, 1.165) is 25.7 Å². The maximum atomic E-state index is 14.0. The zero-order valence-corrected chi connectivity index (χ0v) is 21.8. The molecule has 0 spiro atoms. The minimum absolute atomic E-state index is 0.0865. The third-order valence-corrected chi connectivity index (χ3v) is 11.3. The Labute approximate surface area is 216 Å². The molecule has 8 unspecified atom stereocenters. The van der Waals surface area contributed by atoms with Crippen molar-refractivity contribution in [3.8, 4) is 0 Å². The number of rotatable bonds is 2. The highest BCUT2D eigenvalue weighted by atomic mass is 16.2. The number of hydrogen-bond donors (Lipinski definition) is 0. The molecule has 2 aliphatic heterocycles. The Balaban J connectivity index is 1.17. The molecule has 0 N–H and O–H groups in total. The molecule has 1 aromatic rings. The first-order chi connectivity index (χ1) is 17.7. The molecule has 4 aliphatic carbocycles. The van der Waals surface area contributed by atoms with Crippen LogP contribution < -0.4 is 0 Å². The molecule has 6 fully saturated rings. The predicted molar refractivity (Wildman–Crippen MR) is 140 cm³/mol. The van der Waals surface area contributed by atoms with Crippen molar-refractivity contribution in [1.82, 2.24) is 14.8 Å². The molecule has 8 atom stereocenters. The summed E-state index contributed by atoms with van der Waals surface area (Å²) >= 11 is 0. The maximum absolute atomic E-state index is 14.0. The van der Waals surface area contributed by atoms with Crippen molar-refractivity contribution in [3.63, 3.8) is 0 Å². The summed E-state index contributed by atoms with van der Waals surface area (Å²) in [5.74, 6) is 2.87. The third-order valence-electron chi connectivity index (χ3n) is 11.3. The van der Waals surface area contributed by atoms with Gasteiger partial charge in [0.2, 0.25) is 0 Å². The van der Waals surface area contributed by atoms with Crippen LogP contribution in [0, 0.1) is 23.7 Å². The van der Waals surface area contributed by atoms with Gasteiger partial charge in [-0.2, -0.15) is 0 Å². The largest absolute Gasteiger partial charge is 0.331 e. The molecule has 1 aromatic heterocycles. The van der Waals surface area contributed by atoms with Crippen LogP contribution in [0.25, 0.3) is 0 Å². The van der Waals surface area contributed by atoms with Gasteiger partial charge in [0.15, 0.2) is 0 Å². The van der Waals surface area contributed by atoms with Crippen LogP contribution in [0.2, 0.25) is 0 Å². The quantitative estimate of drug-likeness (QED) is 0.495. The van der Waals surface area contributed by atoms with Crippen LogP contribution in [-0.2, 0) is 0 Å². The molecule has 3 heterocycles. The lowest BCUT2D eigenvalue weighted by Crippen LogP contribution is -2.45. The lowest BCUT2D eigenvalue weighted by molar-refractivity contribution is 0.0580. The van der Waals surface area contributed by atoms with Gasteiger partial charge in [-0.25, -0.2) is 4.98 Å². The van der Waals surface area contributed by atoms with E-state index in [0.29, 0.717) is 59.2 Å². The van der Waals surface area contributed by atoms with Crippen molar-refractivity contribution < 1.29 is 9.59 Å². The molecular formula is C31H43N3O2. The summed E-state index contributed by atoms with van der Waals surface area (Å²) in [5.41, 5.74) is 0.993. The van der Waals surface area contributed by atoms with Crippen molar-refractivity contribution >= 4 is 11.8 Å². The normalized spacial score (nSPS) is 39.7. The van der Waals surface area contributed by atoms with E-state index >= 15 is 0 Å². The fourth-order valence-corrected chi connectivity index (χ4v) is 9.97. The van der Waals surface area contributed by atoms with Crippen molar-refractivity contribution in [3.05, 3.63) is 29.6 Å². The Morgan fingerprint density at radius 2 is 0.833 bits per heavy atom. The van der Waals surface area contributed by atoms with Gasteiger partial charge in [-0.1, -0.05) is 57.4 Å². The van der Waals surface area contributed by atoms with Crippen molar-refractivity contribution in [2.24, 2.45) is 23.7 Å². The average molecular weight is 490 g/mol. The molecule has 2 amide bonds. The smallest absolute Gasteiger partial charge is 0.272 e. The van der Waals surface area contributed by atoms with Gasteiger partial charge < -0.3 is 9.80 Å². The van der Waals surface area contributed by atoms with Gasteiger partial charge in [0.05, 0.1) is 0 Å². The highest BCUT2D eigenvalue weighted by Crippen LogP contribution is 2.51. The van der Waals surface area contributed by atoms with E-state index in [-0.39, 0.29) is 11.8 Å². The fraction of sp³-hybridized carbons (Fsp3) is 0.774. The molecule has 2 saturated heterocycles. The zero-order valence-electron chi connectivity index (χ0n) is 21.8. The molecule has 194 valence electrons. The van der Waals surface area contributed by atoms with Crippen LogP contribution in [0.5, 0.6) is 0 Å². The zero-order chi connectivity index (χ0) is 24.2. The molecule has 0 bridgehead atoms. The highest BCUT2D eigenvalue weighted by molar-refractivity contribution is 5.97. The second-order valence-corrected chi connectivity index (χ2v) is 12.9. The lowest BCUT2D eigenvalue weighted by Gasteiger charge is -2.35. The van der Waals surface area contributed by atoms with E-state index < -0.39 is 0 Å². The minimum atomic E-state index is 0.0865. The first-order valence-electron chi connectivity index (χ1n) is 15.3. The van der Waals surface area contributed by atoms with Gasteiger partial charge in [0.25, 0.3) is 11.8 Å². The van der Waals surface area contributed by atoms with Gasteiger partial charge in [-0.05, 0) is 87.2 Å². The van der Waals surface area contributed by atoms with Crippen molar-refractivity contribution in [2.75, 3.05) is 0 Å². The van der Waals surface area contributed by atoms with Crippen LogP contribution in [0.15, 0.2) is 18.2 Å². The summed E-state index contributed by atoms with van der Waals surface area (Å²) in [5, 5.41) is 0. The predicted octanol–water partition coefficient (Wildman–Crippen LogP) is 6.23. The summed E-state index contributed by atoms with van der Waals surface area (Å²) in [4.78, 5) is 37.4. The summed E-state index contributed by atoms with van der Waals surface area (Å²) in [6.45, 7) is 0. The van der Waals surface area contributed by atoms with E-state index in [1.807, 2.05) is 18.2 Å². The van der Waals surface area contributed by atoms with Gasteiger partial charge in [-0.15, -0.1) is 0 Å². The molecule has 4 saturated carbocycles. The van der Waals surface area contributed by atoms with Crippen LogP contribution in [-0.4, -0.2) is 50.8 Å². The number of hydrogen-bond acceptors (Lipinski definition) is 3.